The molecule has 1 aromatic rings. The Labute approximate surface area is 89.4 Å². The molecule has 1 heterocycles. The summed E-state index contributed by atoms with van der Waals surface area (Å²) in [5.74, 6) is 0.730. The van der Waals surface area contributed by atoms with Crippen LogP contribution in [0.15, 0.2) is 18.3 Å². The van der Waals surface area contributed by atoms with Gasteiger partial charge in [0.25, 0.3) is 0 Å². The van der Waals surface area contributed by atoms with Crippen LogP contribution in [0, 0.1) is 0 Å². The van der Waals surface area contributed by atoms with E-state index in [1.807, 2.05) is 0 Å². The highest BCUT2D eigenvalue weighted by Gasteiger charge is 1.89. The van der Waals surface area contributed by atoms with Crippen molar-refractivity contribution in [2.45, 2.75) is 0 Å². The molecule has 6 heteroatoms. The predicted molar refractivity (Wildman–Crippen MR) is 58.7 cm³/mol. The quantitative estimate of drug-likeness (QED) is 0.716. The normalized spacial score (nSPS) is 8.08. The van der Waals surface area contributed by atoms with Crippen LogP contribution in [0.3, 0.4) is 0 Å². The standard InChI is InChI=1S/C7H11N3O.2ClH/c8-6-1-2-7(10-5-6)9-3-4-11;;/h1-2,5,11H,3-4,8H2,(H,9,10);2*1H. The second-order valence-electron chi connectivity index (χ2n) is 2.13. The topological polar surface area (TPSA) is 71.2 Å². The summed E-state index contributed by atoms with van der Waals surface area (Å²) in [6, 6.07) is 3.53. The summed E-state index contributed by atoms with van der Waals surface area (Å²) in [4.78, 5) is 3.97. The first-order valence-electron chi connectivity index (χ1n) is 3.39. The molecule has 0 saturated carbocycles. The van der Waals surface area contributed by atoms with Gasteiger partial charge in [0.15, 0.2) is 0 Å². The van der Waals surface area contributed by atoms with Crippen LogP contribution in [-0.2, 0) is 0 Å². The van der Waals surface area contributed by atoms with Gasteiger partial charge < -0.3 is 16.2 Å². The molecular weight excluding hydrogens is 213 g/mol. The average Bonchev–Trinajstić information content (AvgIpc) is 2.04. The summed E-state index contributed by atoms with van der Waals surface area (Å²) in [5.41, 5.74) is 6.05. The first kappa shape index (κ1) is 14.8. The van der Waals surface area contributed by atoms with Crippen LogP contribution in [0.25, 0.3) is 0 Å². The minimum absolute atomic E-state index is 0. The van der Waals surface area contributed by atoms with Crippen molar-refractivity contribution in [3.8, 4) is 0 Å². The molecule has 0 aliphatic rings. The summed E-state index contributed by atoms with van der Waals surface area (Å²) < 4.78 is 0. The first-order chi connectivity index (χ1) is 5.33. The van der Waals surface area contributed by atoms with Gasteiger partial charge in [-0.25, -0.2) is 4.98 Å². The second kappa shape index (κ2) is 7.91. The molecule has 1 aromatic heterocycles. The Hall–Kier alpha value is -0.710. The van der Waals surface area contributed by atoms with Gasteiger partial charge in [-0.1, -0.05) is 0 Å². The third-order valence-electron chi connectivity index (χ3n) is 1.20. The highest BCUT2D eigenvalue weighted by atomic mass is 35.5. The third-order valence-corrected chi connectivity index (χ3v) is 1.20. The first-order valence-corrected chi connectivity index (χ1v) is 3.39. The summed E-state index contributed by atoms with van der Waals surface area (Å²) in [7, 11) is 0. The number of hydrogen-bond donors (Lipinski definition) is 3. The van der Waals surface area contributed by atoms with Gasteiger partial charge in [-0.3, -0.25) is 0 Å². The van der Waals surface area contributed by atoms with Crippen molar-refractivity contribution in [2.75, 3.05) is 24.2 Å². The number of aliphatic hydroxyl groups is 1. The smallest absolute Gasteiger partial charge is 0.126 e. The fourth-order valence-corrected chi connectivity index (χ4v) is 0.694. The number of anilines is 2. The van der Waals surface area contributed by atoms with Crippen molar-refractivity contribution in [1.29, 1.82) is 0 Å². The van der Waals surface area contributed by atoms with Gasteiger partial charge in [-0.2, -0.15) is 0 Å². The Morgan fingerprint density at radius 3 is 2.54 bits per heavy atom. The Morgan fingerprint density at radius 2 is 2.08 bits per heavy atom. The van der Waals surface area contributed by atoms with Gasteiger partial charge in [0.05, 0.1) is 18.5 Å². The van der Waals surface area contributed by atoms with E-state index >= 15 is 0 Å². The SMILES string of the molecule is Cl.Cl.Nc1ccc(NCCO)nc1. The lowest BCUT2D eigenvalue weighted by molar-refractivity contribution is 0.311. The van der Waals surface area contributed by atoms with Crippen molar-refractivity contribution in [3.05, 3.63) is 18.3 Å². The van der Waals surface area contributed by atoms with Crippen molar-refractivity contribution in [2.24, 2.45) is 0 Å². The highest BCUT2D eigenvalue weighted by Crippen LogP contribution is 2.04. The molecule has 0 amide bonds. The fourth-order valence-electron chi connectivity index (χ4n) is 0.694. The maximum absolute atomic E-state index is 8.47. The van der Waals surface area contributed by atoms with E-state index < -0.39 is 0 Å². The van der Waals surface area contributed by atoms with Crippen molar-refractivity contribution >= 4 is 36.3 Å². The zero-order chi connectivity index (χ0) is 8.10. The maximum Gasteiger partial charge on any atom is 0.126 e. The van der Waals surface area contributed by atoms with Gasteiger partial charge in [-0.15, -0.1) is 24.8 Å². The fraction of sp³-hybridized carbons (Fsp3) is 0.286. The molecule has 76 valence electrons. The van der Waals surface area contributed by atoms with E-state index in [-0.39, 0.29) is 31.4 Å². The molecule has 0 unspecified atom stereocenters. The molecule has 0 aliphatic carbocycles. The number of pyridine rings is 1. The van der Waals surface area contributed by atoms with Crippen LogP contribution in [0.2, 0.25) is 0 Å². The average molecular weight is 226 g/mol. The van der Waals surface area contributed by atoms with Crippen LogP contribution < -0.4 is 11.1 Å². The van der Waals surface area contributed by atoms with E-state index in [4.69, 9.17) is 10.8 Å². The van der Waals surface area contributed by atoms with E-state index in [1.54, 1.807) is 18.3 Å². The zero-order valence-electron chi connectivity index (χ0n) is 6.93. The molecule has 0 saturated heterocycles. The van der Waals surface area contributed by atoms with Gasteiger partial charge in [0, 0.05) is 6.54 Å². The van der Waals surface area contributed by atoms with Gasteiger partial charge in [0.2, 0.25) is 0 Å². The Balaban J connectivity index is 0. The minimum atomic E-state index is 0. The molecule has 1 rings (SSSR count). The molecule has 0 atom stereocenters. The molecule has 0 aliphatic heterocycles. The number of rotatable bonds is 3. The number of aliphatic hydroxyl groups excluding tert-OH is 1. The lowest BCUT2D eigenvalue weighted by Crippen LogP contribution is -2.06. The van der Waals surface area contributed by atoms with Gasteiger partial charge >= 0.3 is 0 Å². The number of nitrogen functional groups attached to an aromatic ring is 1. The van der Waals surface area contributed by atoms with Gasteiger partial charge in [0.1, 0.15) is 5.82 Å². The van der Waals surface area contributed by atoms with Crippen LogP contribution in [-0.4, -0.2) is 23.2 Å². The Kier molecular flexibility index (Phi) is 9.01. The van der Waals surface area contributed by atoms with E-state index in [0.29, 0.717) is 12.2 Å². The molecule has 13 heavy (non-hydrogen) atoms. The lowest BCUT2D eigenvalue weighted by Gasteiger charge is -2.01. The van der Waals surface area contributed by atoms with E-state index in [1.165, 1.54) is 0 Å². The molecule has 0 fully saturated rings. The largest absolute Gasteiger partial charge is 0.397 e. The number of hydrogen-bond acceptors (Lipinski definition) is 4. The van der Waals surface area contributed by atoms with Crippen LogP contribution in [0.5, 0.6) is 0 Å². The maximum atomic E-state index is 8.47. The molecule has 0 aromatic carbocycles. The Bertz CT molecular complexity index is 217. The molecule has 4 nitrogen and oxygen atoms in total. The van der Waals surface area contributed by atoms with Crippen LogP contribution >= 0.6 is 24.8 Å². The highest BCUT2D eigenvalue weighted by molar-refractivity contribution is 5.85. The molecular formula is C7H13Cl2N3O. The molecule has 0 spiro atoms. The number of aromatic nitrogens is 1. The van der Waals surface area contributed by atoms with Crippen LogP contribution in [0.4, 0.5) is 11.5 Å². The van der Waals surface area contributed by atoms with Crippen molar-refractivity contribution in [1.82, 2.24) is 4.98 Å². The number of halogens is 2. The summed E-state index contributed by atoms with van der Waals surface area (Å²) in [6.07, 6.45) is 1.57. The Morgan fingerprint density at radius 1 is 1.38 bits per heavy atom. The predicted octanol–water partition coefficient (Wildman–Crippen LogP) is 0.912. The van der Waals surface area contributed by atoms with E-state index in [9.17, 15) is 0 Å². The third kappa shape index (κ3) is 5.52. The number of nitrogens with zero attached hydrogens (tertiary/aromatic N) is 1. The van der Waals surface area contributed by atoms with Crippen molar-refractivity contribution < 1.29 is 5.11 Å². The second-order valence-corrected chi connectivity index (χ2v) is 2.13. The van der Waals surface area contributed by atoms with Gasteiger partial charge in [-0.05, 0) is 12.1 Å². The monoisotopic (exact) mass is 225 g/mol. The number of nitrogens with one attached hydrogen (secondary N) is 1. The molecule has 4 N–H and O–H groups in total. The zero-order valence-corrected chi connectivity index (χ0v) is 8.57. The van der Waals surface area contributed by atoms with Crippen LogP contribution in [0.1, 0.15) is 0 Å². The summed E-state index contributed by atoms with van der Waals surface area (Å²) in [5, 5.41) is 11.4. The lowest BCUT2D eigenvalue weighted by atomic mass is 10.4. The molecule has 0 radical (unpaired) electrons. The molecule has 0 bridgehead atoms. The minimum Gasteiger partial charge on any atom is -0.397 e. The summed E-state index contributed by atoms with van der Waals surface area (Å²) in [6.45, 7) is 0.614. The van der Waals surface area contributed by atoms with E-state index in [2.05, 4.69) is 10.3 Å². The van der Waals surface area contributed by atoms with E-state index in [0.717, 1.165) is 5.82 Å². The summed E-state index contributed by atoms with van der Waals surface area (Å²) >= 11 is 0. The van der Waals surface area contributed by atoms with Crippen molar-refractivity contribution in [3.63, 3.8) is 0 Å². The number of nitrogens with two attached hydrogens (primary N) is 1.